The zero-order valence-electron chi connectivity index (χ0n) is 62.5. The average Bonchev–Trinajstić information content (AvgIpc) is 1.86. The first-order valence-electron chi connectivity index (χ1n) is 40.2. The number of esters is 4. The maximum atomic E-state index is 13.1. The number of carbonyl (C=O) groups is 4. The normalized spacial score (nSPS) is 14.2. The number of ether oxygens (including phenoxy) is 4. The van der Waals surface area contributed by atoms with Crippen molar-refractivity contribution in [2.75, 3.05) is 39.6 Å². The van der Waals surface area contributed by atoms with Crippen LogP contribution in [0.4, 0.5) is 0 Å². The Hall–Kier alpha value is -1.94. The number of phosphoric ester groups is 2. The molecule has 19 heteroatoms. The summed E-state index contributed by atoms with van der Waals surface area (Å²) in [6.07, 6.45) is 59.5. The van der Waals surface area contributed by atoms with Gasteiger partial charge < -0.3 is 33.8 Å². The third kappa shape index (κ3) is 69.2. The van der Waals surface area contributed by atoms with Crippen LogP contribution in [0.2, 0.25) is 0 Å². The number of hydrogen-bond donors (Lipinski definition) is 3. The van der Waals surface area contributed by atoms with Crippen LogP contribution in [-0.2, 0) is 65.4 Å². The first-order chi connectivity index (χ1) is 46.6. The summed E-state index contributed by atoms with van der Waals surface area (Å²) >= 11 is 0. The maximum Gasteiger partial charge on any atom is 0.472 e. The van der Waals surface area contributed by atoms with Gasteiger partial charge in [-0.2, -0.15) is 0 Å². The van der Waals surface area contributed by atoms with E-state index in [0.29, 0.717) is 25.7 Å². The van der Waals surface area contributed by atoms with Gasteiger partial charge in [0.1, 0.15) is 19.3 Å². The molecule has 3 N–H and O–H groups in total. The fourth-order valence-electron chi connectivity index (χ4n) is 11.8. The van der Waals surface area contributed by atoms with Crippen LogP contribution in [0.15, 0.2) is 0 Å². The van der Waals surface area contributed by atoms with Gasteiger partial charge >= 0.3 is 39.5 Å². The number of phosphoric acid groups is 2. The number of rotatable bonds is 77. The van der Waals surface area contributed by atoms with E-state index in [1.165, 1.54) is 231 Å². The van der Waals surface area contributed by atoms with Gasteiger partial charge in [-0.05, 0) is 31.6 Å². The molecule has 0 aromatic heterocycles. The molecule has 0 spiro atoms. The molecule has 3 unspecified atom stereocenters. The zero-order chi connectivity index (χ0) is 70.5. The van der Waals surface area contributed by atoms with Gasteiger partial charge in [0, 0.05) is 25.7 Å². The Morgan fingerprint density at radius 2 is 0.500 bits per heavy atom. The van der Waals surface area contributed by atoms with E-state index in [0.717, 1.165) is 95.8 Å². The van der Waals surface area contributed by atoms with Crippen molar-refractivity contribution in [3.63, 3.8) is 0 Å². The topological polar surface area (TPSA) is 237 Å². The van der Waals surface area contributed by atoms with Crippen LogP contribution in [0.3, 0.4) is 0 Å². The summed E-state index contributed by atoms with van der Waals surface area (Å²) in [4.78, 5) is 72.8. The molecule has 570 valence electrons. The van der Waals surface area contributed by atoms with Crippen LogP contribution >= 0.6 is 15.6 Å². The molecule has 0 bridgehead atoms. The van der Waals surface area contributed by atoms with Crippen LogP contribution in [0.5, 0.6) is 0 Å². The SMILES string of the molecule is CCCCCCCCCCCCCCCCCCCC(=O)OC[C@H](COP(=O)(O)OC[C@@H](O)COP(=O)(O)OC[C@@H](COC(=O)CCCCCCCCCCCC)OC(=O)CCCCCCCCCCCCC)OC(=O)CCCCCCCCCCCCCCCCC(C)CC. The monoisotopic (exact) mass is 1410 g/mol. The lowest BCUT2D eigenvalue weighted by atomic mass is 9.99. The van der Waals surface area contributed by atoms with Crippen molar-refractivity contribution in [1.82, 2.24) is 0 Å². The van der Waals surface area contributed by atoms with Crippen LogP contribution < -0.4 is 0 Å². The molecule has 6 atom stereocenters. The van der Waals surface area contributed by atoms with Gasteiger partial charge in [0.15, 0.2) is 12.2 Å². The molecule has 0 aromatic carbocycles. The Morgan fingerprint density at radius 3 is 0.740 bits per heavy atom. The quantitative estimate of drug-likeness (QED) is 0.0222. The summed E-state index contributed by atoms with van der Waals surface area (Å²) in [5.74, 6) is -1.27. The summed E-state index contributed by atoms with van der Waals surface area (Å²) in [7, 11) is -9.91. The molecule has 0 aliphatic heterocycles. The van der Waals surface area contributed by atoms with Gasteiger partial charge in [-0.3, -0.25) is 37.3 Å². The van der Waals surface area contributed by atoms with E-state index >= 15 is 0 Å². The largest absolute Gasteiger partial charge is 0.472 e. The van der Waals surface area contributed by atoms with Crippen molar-refractivity contribution < 1.29 is 80.2 Å². The van der Waals surface area contributed by atoms with Crippen molar-refractivity contribution in [3.05, 3.63) is 0 Å². The molecule has 17 nitrogen and oxygen atoms in total. The second-order valence-electron chi connectivity index (χ2n) is 28.0. The summed E-state index contributed by atoms with van der Waals surface area (Å²) < 4.78 is 68.5. The van der Waals surface area contributed by atoms with Crippen molar-refractivity contribution in [3.8, 4) is 0 Å². The van der Waals surface area contributed by atoms with Crippen molar-refractivity contribution in [2.45, 2.75) is 425 Å². The lowest BCUT2D eigenvalue weighted by molar-refractivity contribution is -0.161. The number of aliphatic hydroxyl groups is 1. The standard InChI is InChI=1S/C77H150O17P2/c1-6-10-13-16-19-22-25-26-27-28-29-33-37-41-46-51-56-61-75(80)88-67-73(94-77(82)63-58-53-48-43-38-34-31-30-32-36-39-44-49-54-59-70(5)9-4)69-92-96(85,86)90-65-71(78)64-89-95(83,84)91-68-72(66-87-74(79)60-55-50-45-40-24-21-18-15-12-8-3)93-76(81)62-57-52-47-42-35-23-20-17-14-11-7-2/h70-73,78H,6-69H2,1-5H3,(H,83,84)(H,85,86)/t70?,71-,72+,73+/m0/s1. The third-order valence-corrected chi connectivity index (χ3v) is 20.3. The Bertz CT molecular complexity index is 1840. The highest BCUT2D eigenvalue weighted by Gasteiger charge is 2.30. The highest BCUT2D eigenvalue weighted by atomic mass is 31.2. The Labute approximate surface area is 588 Å². The number of carbonyl (C=O) groups excluding carboxylic acids is 4. The Morgan fingerprint density at radius 1 is 0.292 bits per heavy atom. The zero-order valence-corrected chi connectivity index (χ0v) is 64.3. The minimum absolute atomic E-state index is 0.107. The van der Waals surface area contributed by atoms with Gasteiger partial charge in [0.25, 0.3) is 0 Å². The van der Waals surface area contributed by atoms with Crippen LogP contribution in [-0.4, -0.2) is 96.7 Å². The van der Waals surface area contributed by atoms with Crippen molar-refractivity contribution in [2.24, 2.45) is 5.92 Å². The average molecular weight is 1410 g/mol. The van der Waals surface area contributed by atoms with E-state index < -0.39 is 97.5 Å². The molecule has 0 saturated carbocycles. The van der Waals surface area contributed by atoms with Gasteiger partial charge in [0.05, 0.1) is 26.4 Å². The molecule has 0 aromatic rings. The van der Waals surface area contributed by atoms with Gasteiger partial charge in [-0.15, -0.1) is 0 Å². The summed E-state index contributed by atoms with van der Waals surface area (Å²) in [5.41, 5.74) is 0. The van der Waals surface area contributed by atoms with Crippen molar-refractivity contribution in [1.29, 1.82) is 0 Å². The highest BCUT2D eigenvalue weighted by molar-refractivity contribution is 7.47. The molecule has 0 saturated heterocycles. The lowest BCUT2D eigenvalue weighted by Gasteiger charge is -2.21. The fourth-order valence-corrected chi connectivity index (χ4v) is 13.4. The molecule has 0 aliphatic rings. The maximum absolute atomic E-state index is 13.1. The first kappa shape index (κ1) is 94.1. The second kappa shape index (κ2) is 70.1. The molecule has 0 amide bonds. The summed E-state index contributed by atoms with van der Waals surface area (Å²) in [5, 5.41) is 10.6. The fraction of sp³-hybridized carbons (Fsp3) is 0.948. The van der Waals surface area contributed by atoms with Gasteiger partial charge in [-0.25, -0.2) is 9.13 Å². The molecule has 0 aliphatic carbocycles. The predicted molar refractivity (Wildman–Crippen MR) is 391 cm³/mol. The molecule has 0 heterocycles. The minimum Gasteiger partial charge on any atom is -0.462 e. The molecule has 96 heavy (non-hydrogen) atoms. The van der Waals surface area contributed by atoms with Gasteiger partial charge in [-0.1, -0.05) is 356 Å². The molecular weight excluding hydrogens is 1260 g/mol. The van der Waals surface area contributed by atoms with Crippen molar-refractivity contribution >= 4 is 39.5 Å². The number of aliphatic hydroxyl groups excluding tert-OH is 1. The van der Waals surface area contributed by atoms with Crippen LogP contribution in [0.1, 0.15) is 407 Å². The summed E-state index contributed by atoms with van der Waals surface area (Å²) in [6.45, 7) is 7.35. The Balaban J connectivity index is 5.22. The van der Waals surface area contributed by atoms with E-state index in [1.54, 1.807) is 0 Å². The first-order valence-corrected chi connectivity index (χ1v) is 43.2. The van der Waals surface area contributed by atoms with Gasteiger partial charge in [0.2, 0.25) is 0 Å². The smallest absolute Gasteiger partial charge is 0.462 e. The molecule has 0 radical (unpaired) electrons. The molecular formula is C77H150O17P2. The predicted octanol–water partition coefficient (Wildman–Crippen LogP) is 22.9. The highest BCUT2D eigenvalue weighted by Crippen LogP contribution is 2.45. The van der Waals surface area contributed by atoms with Crippen LogP contribution in [0, 0.1) is 5.92 Å². The van der Waals surface area contributed by atoms with Crippen LogP contribution in [0.25, 0.3) is 0 Å². The van der Waals surface area contributed by atoms with E-state index in [2.05, 4.69) is 34.6 Å². The number of unbranched alkanes of at least 4 members (excludes halogenated alkanes) is 48. The third-order valence-electron chi connectivity index (χ3n) is 18.4. The minimum atomic E-state index is -4.96. The van der Waals surface area contributed by atoms with E-state index in [-0.39, 0.29) is 25.7 Å². The summed E-state index contributed by atoms with van der Waals surface area (Å²) in [6, 6.07) is 0. The second-order valence-corrected chi connectivity index (χ2v) is 30.9. The number of hydrogen-bond acceptors (Lipinski definition) is 15. The van der Waals surface area contributed by atoms with E-state index in [1.807, 2.05) is 0 Å². The molecule has 0 fully saturated rings. The molecule has 0 rings (SSSR count). The lowest BCUT2D eigenvalue weighted by Crippen LogP contribution is -2.30. The van der Waals surface area contributed by atoms with E-state index in [9.17, 15) is 43.2 Å². The Kier molecular flexibility index (Phi) is 68.7. The van der Waals surface area contributed by atoms with E-state index in [4.69, 9.17) is 37.0 Å².